The highest BCUT2D eigenvalue weighted by Gasteiger charge is 2.11. The first-order chi connectivity index (χ1) is 8.07. The van der Waals surface area contributed by atoms with Crippen LogP contribution in [0.2, 0.25) is 0 Å². The molecule has 0 unspecified atom stereocenters. The third-order valence-corrected chi connectivity index (χ3v) is 3.90. The Bertz CT molecular complexity index is 548. The largest absolute Gasteiger partial charge is 0.228 e. The fraction of sp³-hybridized carbons (Fsp3) is 0.333. The minimum absolute atomic E-state index is 0.0283. The summed E-state index contributed by atoms with van der Waals surface area (Å²) in [6.45, 7) is 0. The zero-order valence-electron chi connectivity index (χ0n) is 9.26. The Morgan fingerprint density at radius 2 is 1.76 bits per heavy atom. The topological polar surface area (TPSA) is 81.7 Å². The van der Waals surface area contributed by atoms with Gasteiger partial charge < -0.3 is 0 Å². The molecule has 0 saturated carbocycles. The van der Waals surface area contributed by atoms with E-state index in [9.17, 15) is 8.42 Å². The normalized spacial score (nSPS) is 10.5. The first kappa shape index (κ1) is 13.2. The lowest BCUT2D eigenvalue weighted by molar-refractivity contribution is 0.593. The van der Waals surface area contributed by atoms with Crippen molar-refractivity contribution in [3.8, 4) is 12.1 Å². The predicted octanol–water partition coefficient (Wildman–Crippen LogP) is 1.78. The maximum atomic E-state index is 11.7. The first-order valence-electron chi connectivity index (χ1n) is 5.14. The minimum atomic E-state index is -3.16. The summed E-state index contributed by atoms with van der Waals surface area (Å²) in [6, 6.07) is 10.4. The van der Waals surface area contributed by atoms with E-state index in [4.69, 9.17) is 10.5 Å². The molecule has 0 bridgehead atoms. The number of sulfone groups is 1. The van der Waals surface area contributed by atoms with Gasteiger partial charge in [0.2, 0.25) is 0 Å². The van der Waals surface area contributed by atoms with Gasteiger partial charge in [-0.05, 0) is 24.1 Å². The lowest BCUT2D eigenvalue weighted by Crippen LogP contribution is -2.09. The van der Waals surface area contributed by atoms with Crippen molar-refractivity contribution in [2.45, 2.75) is 18.6 Å². The molecule has 0 radical (unpaired) electrons. The number of rotatable bonds is 5. The first-order valence-corrected chi connectivity index (χ1v) is 6.96. The molecule has 0 N–H and O–H groups in total. The monoisotopic (exact) mass is 248 g/mol. The van der Waals surface area contributed by atoms with Gasteiger partial charge in [0.1, 0.15) is 0 Å². The molecule has 0 fully saturated rings. The Morgan fingerprint density at radius 3 is 2.29 bits per heavy atom. The van der Waals surface area contributed by atoms with Crippen LogP contribution in [0.15, 0.2) is 24.3 Å². The second kappa shape index (κ2) is 6.03. The second-order valence-corrected chi connectivity index (χ2v) is 5.85. The van der Waals surface area contributed by atoms with Crippen molar-refractivity contribution in [2.24, 2.45) is 0 Å². The van der Waals surface area contributed by atoms with Crippen molar-refractivity contribution < 1.29 is 8.42 Å². The van der Waals surface area contributed by atoms with E-state index in [1.807, 2.05) is 12.1 Å². The Balaban J connectivity index is 2.64. The zero-order valence-corrected chi connectivity index (χ0v) is 10.1. The number of nitriles is 2. The number of hydrogen-bond acceptors (Lipinski definition) is 4. The smallest absolute Gasteiger partial charge is 0.154 e. The summed E-state index contributed by atoms with van der Waals surface area (Å²) >= 11 is 0. The van der Waals surface area contributed by atoms with Crippen LogP contribution in [0.5, 0.6) is 0 Å². The molecule has 1 aromatic rings. The van der Waals surface area contributed by atoms with E-state index in [-0.39, 0.29) is 17.9 Å². The fourth-order valence-electron chi connectivity index (χ4n) is 1.37. The third kappa shape index (κ3) is 4.67. The van der Waals surface area contributed by atoms with Gasteiger partial charge >= 0.3 is 0 Å². The van der Waals surface area contributed by atoms with Crippen LogP contribution in [-0.2, 0) is 15.6 Å². The van der Waals surface area contributed by atoms with Crippen molar-refractivity contribution in [3.05, 3.63) is 35.4 Å². The van der Waals surface area contributed by atoms with Crippen LogP contribution in [0.25, 0.3) is 0 Å². The van der Waals surface area contributed by atoms with Crippen molar-refractivity contribution in [1.82, 2.24) is 0 Å². The molecule has 0 aliphatic rings. The lowest BCUT2D eigenvalue weighted by Gasteiger charge is -2.03. The summed E-state index contributed by atoms with van der Waals surface area (Å²) in [5.41, 5.74) is 1.18. The van der Waals surface area contributed by atoms with Crippen LogP contribution >= 0.6 is 0 Å². The zero-order chi connectivity index (χ0) is 12.7. The quantitative estimate of drug-likeness (QED) is 0.744. The lowest BCUT2D eigenvalue weighted by atomic mass is 10.2. The van der Waals surface area contributed by atoms with Crippen molar-refractivity contribution in [2.75, 3.05) is 5.75 Å². The molecule has 0 heterocycles. The maximum Gasteiger partial charge on any atom is 0.154 e. The molecule has 17 heavy (non-hydrogen) atoms. The van der Waals surface area contributed by atoms with E-state index in [1.165, 1.54) is 0 Å². The van der Waals surface area contributed by atoms with Gasteiger partial charge in [0, 0.05) is 6.42 Å². The summed E-state index contributed by atoms with van der Waals surface area (Å²) in [5.74, 6) is -0.00923. The highest BCUT2D eigenvalue weighted by molar-refractivity contribution is 7.90. The minimum Gasteiger partial charge on any atom is -0.228 e. The van der Waals surface area contributed by atoms with Gasteiger partial charge in [0.15, 0.2) is 9.84 Å². The molecule has 0 saturated heterocycles. The number of nitrogens with zero attached hydrogens (tertiary/aromatic N) is 2. The van der Waals surface area contributed by atoms with Crippen LogP contribution in [0.3, 0.4) is 0 Å². The number of hydrogen-bond donors (Lipinski definition) is 0. The van der Waals surface area contributed by atoms with E-state index in [0.29, 0.717) is 17.5 Å². The van der Waals surface area contributed by atoms with E-state index in [1.54, 1.807) is 24.3 Å². The van der Waals surface area contributed by atoms with Crippen LogP contribution in [0.1, 0.15) is 24.0 Å². The molecule has 5 heteroatoms. The molecule has 1 rings (SSSR count). The average molecular weight is 248 g/mol. The molecule has 1 aromatic carbocycles. The number of benzene rings is 1. The Kier molecular flexibility index (Phi) is 4.68. The van der Waals surface area contributed by atoms with E-state index in [2.05, 4.69) is 0 Å². The molecule has 4 nitrogen and oxygen atoms in total. The van der Waals surface area contributed by atoms with Crippen LogP contribution in [0, 0.1) is 22.7 Å². The summed E-state index contributed by atoms with van der Waals surface area (Å²) in [4.78, 5) is 0. The summed E-state index contributed by atoms with van der Waals surface area (Å²) in [7, 11) is -3.16. The van der Waals surface area contributed by atoms with Gasteiger partial charge in [-0.1, -0.05) is 12.1 Å². The number of unbranched alkanes of at least 4 members (excludes halogenated alkanes) is 1. The Hall–Kier alpha value is -1.85. The second-order valence-electron chi connectivity index (χ2n) is 3.66. The third-order valence-electron chi connectivity index (χ3n) is 2.21. The van der Waals surface area contributed by atoms with Gasteiger partial charge in [-0.15, -0.1) is 0 Å². The van der Waals surface area contributed by atoms with Crippen molar-refractivity contribution in [1.29, 1.82) is 10.5 Å². The summed E-state index contributed by atoms with van der Waals surface area (Å²) in [6.07, 6.45) is 0.627. The molecular formula is C12H12N2O2S. The van der Waals surface area contributed by atoms with Gasteiger partial charge in [-0.2, -0.15) is 10.5 Å². The molecule has 0 aromatic heterocycles. The molecule has 0 spiro atoms. The Labute approximate surface area is 101 Å². The average Bonchev–Trinajstić information content (AvgIpc) is 2.30. The van der Waals surface area contributed by atoms with Crippen LogP contribution in [0.4, 0.5) is 0 Å². The van der Waals surface area contributed by atoms with E-state index < -0.39 is 9.84 Å². The maximum absolute atomic E-state index is 11.7. The van der Waals surface area contributed by atoms with Gasteiger partial charge in [0.05, 0.1) is 29.2 Å². The standard InChI is InChI=1S/C12H12N2O2S/c13-7-1-2-8-17(15,16)10-12-5-3-11(9-14)4-6-12/h3-6H,1-2,8,10H2. The van der Waals surface area contributed by atoms with Gasteiger partial charge in [0.25, 0.3) is 0 Å². The highest BCUT2D eigenvalue weighted by atomic mass is 32.2. The van der Waals surface area contributed by atoms with Crippen LogP contribution in [-0.4, -0.2) is 14.2 Å². The van der Waals surface area contributed by atoms with Crippen molar-refractivity contribution in [3.63, 3.8) is 0 Å². The van der Waals surface area contributed by atoms with E-state index in [0.717, 1.165) is 0 Å². The fourth-order valence-corrected chi connectivity index (χ4v) is 2.80. The predicted molar refractivity (Wildman–Crippen MR) is 63.5 cm³/mol. The SMILES string of the molecule is N#CCCCS(=O)(=O)Cc1ccc(C#N)cc1. The molecule has 0 amide bonds. The molecule has 0 aliphatic carbocycles. The van der Waals surface area contributed by atoms with Gasteiger partial charge in [-0.3, -0.25) is 0 Å². The molecular weight excluding hydrogens is 236 g/mol. The molecule has 88 valence electrons. The highest BCUT2D eigenvalue weighted by Crippen LogP contribution is 2.09. The van der Waals surface area contributed by atoms with Crippen LogP contribution < -0.4 is 0 Å². The van der Waals surface area contributed by atoms with Crippen molar-refractivity contribution >= 4 is 9.84 Å². The van der Waals surface area contributed by atoms with Gasteiger partial charge in [-0.25, -0.2) is 8.42 Å². The van der Waals surface area contributed by atoms with E-state index >= 15 is 0 Å². The summed E-state index contributed by atoms with van der Waals surface area (Å²) < 4.78 is 23.3. The summed E-state index contributed by atoms with van der Waals surface area (Å²) in [5, 5.41) is 16.9. The molecule has 0 atom stereocenters. The Morgan fingerprint density at radius 1 is 1.12 bits per heavy atom. The molecule has 0 aliphatic heterocycles.